The highest BCUT2D eigenvalue weighted by Crippen LogP contribution is 2.39. The van der Waals surface area contributed by atoms with Crippen molar-refractivity contribution in [1.82, 2.24) is 9.80 Å². The summed E-state index contributed by atoms with van der Waals surface area (Å²) in [5.74, 6) is -0.740. The molecule has 4 atom stereocenters. The number of amides is 2. The van der Waals surface area contributed by atoms with E-state index in [1.807, 2.05) is 93.6 Å². The van der Waals surface area contributed by atoms with Gasteiger partial charge in [-0.15, -0.1) is 0 Å². The third kappa shape index (κ3) is 7.67. The Morgan fingerprint density at radius 2 is 1.51 bits per heavy atom. The molecule has 51 heavy (non-hydrogen) atoms. The van der Waals surface area contributed by atoms with Gasteiger partial charge in [-0.1, -0.05) is 78.9 Å². The number of carbonyl (C=O) groups excluding carboxylic acids is 3. The lowest BCUT2D eigenvalue weighted by molar-refractivity contribution is -0.253. The molecule has 2 saturated heterocycles. The highest BCUT2D eigenvalue weighted by atomic mass is 16.7. The third-order valence-electron chi connectivity index (χ3n) is 9.76. The van der Waals surface area contributed by atoms with E-state index < -0.39 is 11.9 Å². The highest BCUT2D eigenvalue weighted by Gasteiger charge is 2.39. The van der Waals surface area contributed by atoms with Crippen molar-refractivity contribution < 1.29 is 33.7 Å². The van der Waals surface area contributed by atoms with Gasteiger partial charge in [0.05, 0.1) is 36.5 Å². The first-order chi connectivity index (χ1) is 24.6. The first-order valence-electron chi connectivity index (χ1n) is 17.7. The molecule has 3 heterocycles. The Bertz CT molecular complexity index is 1860. The normalized spacial score (nSPS) is 22.3. The summed E-state index contributed by atoms with van der Waals surface area (Å²) in [6.07, 6.45) is 1.21. The Balaban J connectivity index is 1.08. The van der Waals surface area contributed by atoms with Crippen molar-refractivity contribution in [2.45, 2.75) is 83.3 Å². The molecule has 0 saturated carbocycles. The van der Waals surface area contributed by atoms with E-state index in [2.05, 4.69) is 4.90 Å². The minimum Gasteiger partial charge on any atom is -0.459 e. The van der Waals surface area contributed by atoms with Crippen LogP contribution < -0.4 is 0 Å². The van der Waals surface area contributed by atoms with Crippen LogP contribution in [0.25, 0.3) is 11.1 Å². The van der Waals surface area contributed by atoms with Gasteiger partial charge < -0.3 is 19.3 Å². The smallest absolute Gasteiger partial charge is 0.323 e. The van der Waals surface area contributed by atoms with Crippen LogP contribution in [0.2, 0.25) is 0 Å². The molecule has 9 heteroatoms. The second-order valence-corrected chi connectivity index (χ2v) is 14.6. The molecule has 2 fully saturated rings. The van der Waals surface area contributed by atoms with Crippen LogP contribution in [0, 0.1) is 0 Å². The number of hydrogen-bond acceptors (Lipinski definition) is 8. The Labute approximate surface area is 298 Å². The maximum Gasteiger partial charge on any atom is 0.323 e. The number of nitrogens with zero attached hydrogens (tertiary/aromatic N) is 2. The van der Waals surface area contributed by atoms with Gasteiger partial charge in [0.2, 0.25) is 0 Å². The molecule has 4 aromatic rings. The molecule has 264 valence electrons. The number of carbonyl (C=O) groups is 3. The van der Waals surface area contributed by atoms with Gasteiger partial charge >= 0.3 is 5.97 Å². The molecule has 2 amide bonds. The summed E-state index contributed by atoms with van der Waals surface area (Å²) in [6.45, 7) is 7.21. The zero-order valence-corrected chi connectivity index (χ0v) is 29.3. The quantitative estimate of drug-likeness (QED) is 0.148. The average molecular weight is 689 g/mol. The Morgan fingerprint density at radius 3 is 2.18 bits per heavy atom. The maximum absolute atomic E-state index is 13.1. The number of benzene rings is 4. The van der Waals surface area contributed by atoms with Crippen LogP contribution in [-0.4, -0.2) is 63.5 Å². The molecule has 3 aliphatic heterocycles. The molecular formula is C42H44N2O7. The van der Waals surface area contributed by atoms with E-state index >= 15 is 0 Å². The van der Waals surface area contributed by atoms with Crippen LogP contribution in [0.3, 0.4) is 0 Å². The van der Waals surface area contributed by atoms with Crippen molar-refractivity contribution in [3.8, 4) is 11.1 Å². The molecule has 3 aliphatic rings. The van der Waals surface area contributed by atoms with Gasteiger partial charge in [0.1, 0.15) is 11.6 Å². The number of aliphatic hydroxyl groups is 1. The summed E-state index contributed by atoms with van der Waals surface area (Å²) in [4.78, 5) is 42.5. The number of fused-ring (bicyclic) bond motifs is 1. The van der Waals surface area contributed by atoms with E-state index in [0.29, 0.717) is 24.1 Å². The van der Waals surface area contributed by atoms with Crippen molar-refractivity contribution in [1.29, 1.82) is 0 Å². The molecule has 0 bridgehead atoms. The summed E-state index contributed by atoms with van der Waals surface area (Å²) < 4.78 is 19.0. The van der Waals surface area contributed by atoms with E-state index in [1.54, 1.807) is 24.3 Å². The van der Waals surface area contributed by atoms with Crippen molar-refractivity contribution in [2.24, 2.45) is 0 Å². The number of aliphatic hydroxyl groups excluding tert-OH is 1. The molecule has 0 unspecified atom stereocenters. The van der Waals surface area contributed by atoms with E-state index in [-0.39, 0.29) is 49.2 Å². The van der Waals surface area contributed by atoms with Gasteiger partial charge in [0.25, 0.3) is 11.8 Å². The van der Waals surface area contributed by atoms with Crippen molar-refractivity contribution >= 4 is 17.8 Å². The Kier molecular flexibility index (Phi) is 9.90. The minimum atomic E-state index is -0.636. The van der Waals surface area contributed by atoms with Crippen molar-refractivity contribution in [2.75, 3.05) is 13.1 Å². The number of esters is 1. The zero-order chi connectivity index (χ0) is 35.7. The lowest BCUT2D eigenvalue weighted by Gasteiger charge is -2.38. The first-order valence-corrected chi connectivity index (χ1v) is 17.7. The average Bonchev–Trinajstić information content (AvgIpc) is 3.69. The van der Waals surface area contributed by atoms with E-state index in [4.69, 9.17) is 14.2 Å². The van der Waals surface area contributed by atoms with E-state index in [0.717, 1.165) is 52.8 Å². The standard InChI is InChI=1S/C42H44N2O7/c1-42(2,3)51-40(48)36-12-7-21-43(36)25-33-23-37(30-15-13-27(26-45)14-16-30)50-41(49-33)31-19-17-29(18-20-31)32-9-6-8-28(22-32)24-44-38(46)34-10-4-5-11-35(34)39(44)47/h4-6,8-11,13-20,22,33,36-37,41,45H,7,12,21,23-26H2,1-3H3/t33-,36-,37+,41+/m0/s1. The van der Waals surface area contributed by atoms with Crippen LogP contribution in [-0.2, 0) is 32.2 Å². The van der Waals surface area contributed by atoms with Crippen LogP contribution >= 0.6 is 0 Å². The van der Waals surface area contributed by atoms with Gasteiger partial charge in [-0.2, -0.15) is 0 Å². The molecule has 7 rings (SSSR count). The lowest BCUT2D eigenvalue weighted by Crippen LogP contribution is -2.45. The predicted octanol–water partition coefficient (Wildman–Crippen LogP) is 6.99. The molecular weight excluding hydrogens is 644 g/mol. The number of hydrogen-bond donors (Lipinski definition) is 1. The fourth-order valence-electron chi connectivity index (χ4n) is 7.22. The summed E-state index contributed by atoms with van der Waals surface area (Å²) in [6, 6.07) is 30.4. The molecule has 0 spiro atoms. The number of ether oxygens (including phenoxy) is 3. The summed E-state index contributed by atoms with van der Waals surface area (Å²) >= 11 is 0. The highest BCUT2D eigenvalue weighted by molar-refractivity contribution is 6.21. The number of imide groups is 1. The molecule has 0 aliphatic carbocycles. The number of likely N-dealkylation sites (tertiary alicyclic amines) is 1. The lowest BCUT2D eigenvalue weighted by atomic mass is 9.98. The maximum atomic E-state index is 13.1. The molecule has 9 nitrogen and oxygen atoms in total. The topological polar surface area (TPSA) is 106 Å². The molecule has 0 radical (unpaired) electrons. The monoisotopic (exact) mass is 688 g/mol. The van der Waals surface area contributed by atoms with Gasteiger partial charge in [0.15, 0.2) is 6.29 Å². The molecule has 4 aromatic carbocycles. The second kappa shape index (κ2) is 14.5. The fraction of sp³-hybridized carbons (Fsp3) is 0.357. The van der Waals surface area contributed by atoms with Crippen molar-refractivity contribution in [3.63, 3.8) is 0 Å². The predicted molar refractivity (Wildman–Crippen MR) is 191 cm³/mol. The zero-order valence-electron chi connectivity index (χ0n) is 29.3. The SMILES string of the molecule is CC(C)(C)OC(=O)[C@@H]1CCCN1C[C@@H]1C[C@H](c2ccc(CO)cc2)O[C@H](c2ccc(-c3cccc(CN4C(=O)c5ccccc5C4=O)c3)cc2)O1. The van der Waals surface area contributed by atoms with Gasteiger partial charge in [-0.05, 0) is 86.2 Å². The Hall–Kier alpha value is -4.67. The van der Waals surface area contributed by atoms with Crippen LogP contribution in [0.5, 0.6) is 0 Å². The molecule has 1 N–H and O–H groups in total. The minimum absolute atomic E-state index is 0.0286. The fourth-order valence-corrected chi connectivity index (χ4v) is 7.22. The van der Waals surface area contributed by atoms with Gasteiger partial charge in [0, 0.05) is 18.5 Å². The first kappa shape index (κ1) is 34.8. The van der Waals surface area contributed by atoms with E-state index in [9.17, 15) is 19.5 Å². The summed E-state index contributed by atoms with van der Waals surface area (Å²) in [5.41, 5.74) is 5.83. The summed E-state index contributed by atoms with van der Waals surface area (Å²) in [7, 11) is 0. The van der Waals surface area contributed by atoms with Gasteiger partial charge in [-0.25, -0.2) is 0 Å². The number of rotatable bonds is 9. The van der Waals surface area contributed by atoms with Crippen LogP contribution in [0.15, 0.2) is 97.1 Å². The summed E-state index contributed by atoms with van der Waals surface area (Å²) in [5, 5.41) is 9.59. The van der Waals surface area contributed by atoms with Crippen LogP contribution in [0.4, 0.5) is 0 Å². The van der Waals surface area contributed by atoms with Crippen molar-refractivity contribution in [3.05, 3.63) is 130 Å². The largest absolute Gasteiger partial charge is 0.459 e. The third-order valence-corrected chi connectivity index (χ3v) is 9.76. The van der Waals surface area contributed by atoms with Gasteiger partial charge in [-0.3, -0.25) is 24.2 Å². The van der Waals surface area contributed by atoms with Crippen LogP contribution in [0.1, 0.15) is 95.4 Å². The van der Waals surface area contributed by atoms with E-state index in [1.165, 1.54) is 4.90 Å². The molecule has 0 aromatic heterocycles. The Morgan fingerprint density at radius 1 is 0.824 bits per heavy atom. The second-order valence-electron chi connectivity index (χ2n) is 14.6.